The number of aliphatic imine (C=N–C) groups is 1. The maximum Gasteiger partial charge on any atom is 0.252 e. The van der Waals surface area contributed by atoms with Crippen molar-refractivity contribution in [1.82, 2.24) is 45.1 Å². The molecule has 1 aliphatic carbocycles. The fourth-order valence-corrected chi connectivity index (χ4v) is 7.79. The Morgan fingerprint density at radius 2 is 1.68 bits per heavy atom. The molecule has 0 bridgehead atoms. The van der Waals surface area contributed by atoms with E-state index in [2.05, 4.69) is 55.1 Å². The van der Waals surface area contributed by atoms with Crippen LogP contribution in [-0.2, 0) is 21.7 Å². The molecule has 2 aliphatic heterocycles. The molecule has 14 nitrogen and oxygen atoms in total. The van der Waals surface area contributed by atoms with E-state index in [0.29, 0.717) is 18.1 Å². The molecular formula is C42H45ClN10O4. The van der Waals surface area contributed by atoms with Crippen molar-refractivity contribution >= 4 is 35.0 Å². The summed E-state index contributed by atoms with van der Waals surface area (Å²) >= 11 is 6.27. The first-order valence-corrected chi connectivity index (χ1v) is 20.1. The molecule has 1 atom stereocenters. The van der Waals surface area contributed by atoms with Crippen molar-refractivity contribution in [2.45, 2.75) is 82.8 Å². The minimum atomic E-state index is -0.809. The van der Waals surface area contributed by atoms with E-state index in [0.717, 1.165) is 103 Å². The number of amides is 3. The van der Waals surface area contributed by atoms with E-state index < -0.39 is 17.5 Å². The Morgan fingerprint density at radius 1 is 0.895 bits per heavy atom. The molecule has 294 valence electrons. The van der Waals surface area contributed by atoms with Gasteiger partial charge in [-0.3, -0.25) is 38.7 Å². The van der Waals surface area contributed by atoms with Gasteiger partial charge in [0.05, 0.1) is 23.2 Å². The highest BCUT2D eigenvalue weighted by Crippen LogP contribution is 2.52. The zero-order valence-electron chi connectivity index (χ0n) is 31.8. The Kier molecular flexibility index (Phi) is 11.0. The Hall–Kier alpha value is -5.73. The van der Waals surface area contributed by atoms with Gasteiger partial charge in [-0.1, -0.05) is 49.1 Å². The predicted octanol–water partition coefficient (Wildman–Crippen LogP) is 5.04. The van der Waals surface area contributed by atoms with Crippen LogP contribution in [0.5, 0.6) is 0 Å². The van der Waals surface area contributed by atoms with Gasteiger partial charge in [0.1, 0.15) is 17.4 Å². The van der Waals surface area contributed by atoms with Crippen molar-refractivity contribution in [2.24, 2.45) is 4.99 Å². The number of nitrogens with one attached hydrogen (secondary N) is 3. The van der Waals surface area contributed by atoms with Crippen LogP contribution in [0, 0.1) is 6.92 Å². The smallest absolute Gasteiger partial charge is 0.252 e. The molecule has 8 rings (SSSR count). The molecule has 3 N–H and O–H groups in total. The zero-order valence-corrected chi connectivity index (χ0v) is 32.6. The first-order valence-electron chi connectivity index (χ1n) is 19.7. The number of halogens is 1. The van der Waals surface area contributed by atoms with Crippen LogP contribution in [-0.4, -0.2) is 72.2 Å². The Bertz CT molecular complexity index is 2410. The summed E-state index contributed by atoms with van der Waals surface area (Å²) in [4.78, 5) is 54.1. The number of imide groups is 1. The van der Waals surface area contributed by atoms with Crippen LogP contribution in [0.1, 0.15) is 97.0 Å². The number of carbonyl (C=O) groups is 3. The molecule has 3 aromatic heterocycles. The molecule has 0 radical (unpaired) electrons. The third-order valence-corrected chi connectivity index (χ3v) is 11.2. The monoisotopic (exact) mass is 788 g/mol. The molecule has 1 saturated heterocycles. The summed E-state index contributed by atoms with van der Waals surface area (Å²) in [5.74, 6) is 0.527. The summed E-state index contributed by atoms with van der Waals surface area (Å²) in [6.07, 6.45) is 13.1. The minimum Gasteiger partial charge on any atom is -0.351 e. The van der Waals surface area contributed by atoms with Crippen LogP contribution in [0.15, 0.2) is 83.0 Å². The van der Waals surface area contributed by atoms with Crippen molar-refractivity contribution in [2.75, 3.05) is 19.6 Å². The summed E-state index contributed by atoms with van der Waals surface area (Å²) in [7, 11) is 0. The lowest BCUT2D eigenvalue weighted by molar-refractivity contribution is -0.135. The van der Waals surface area contributed by atoms with Gasteiger partial charge in [0.25, 0.3) is 11.5 Å². The van der Waals surface area contributed by atoms with E-state index >= 15 is 0 Å². The maximum atomic E-state index is 12.7. The van der Waals surface area contributed by atoms with Crippen LogP contribution >= 0.6 is 11.6 Å². The van der Waals surface area contributed by atoms with Crippen molar-refractivity contribution in [3.8, 4) is 16.8 Å². The van der Waals surface area contributed by atoms with Gasteiger partial charge in [-0.2, -0.15) is 5.10 Å². The summed E-state index contributed by atoms with van der Waals surface area (Å²) < 4.78 is 5.42. The Morgan fingerprint density at radius 3 is 2.49 bits per heavy atom. The third kappa shape index (κ3) is 8.23. The number of benzene rings is 2. The number of aromatic nitrogens is 6. The fourth-order valence-electron chi connectivity index (χ4n) is 7.67. The van der Waals surface area contributed by atoms with Crippen molar-refractivity contribution in [1.29, 1.82) is 0 Å². The Balaban J connectivity index is 0.778. The molecule has 1 spiro atoms. The highest BCUT2D eigenvalue weighted by atomic mass is 35.5. The molecule has 1 saturated carbocycles. The van der Waals surface area contributed by atoms with Gasteiger partial charge in [0, 0.05) is 66.2 Å². The number of nitrogens with zero attached hydrogens (tertiary/aromatic N) is 7. The number of aryl methyl sites for hydroxylation is 2. The number of rotatable bonds is 15. The SMILES string of the molecule is Cc1nnc2n1-c1ccc(-c3cnn(CCCCCCCNCCNC(=O)c4ccc(=O)n(C5CCC(=O)NC5=O)c4)c3)cc1C(c1ccc(Cl)cc1)=NC21CC1. The zero-order chi connectivity index (χ0) is 39.5. The van der Waals surface area contributed by atoms with Gasteiger partial charge < -0.3 is 15.2 Å². The highest BCUT2D eigenvalue weighted by molar-refractivity contribution is 6.30. The molecular weight excluding hydrogens is 744 g/mol. The molecule has 5 heterocycles. The highest BCUT2D eigenvalue weighted by Gasteiger charge is 2.51. The first-order chi connectivity index (χ1) is 27.7. The molecule has 1 unspecified atom stereocenters. The summed E-state index contributed by atoms with van der Waals surface area (Å²) in [5, 5.41) is 22.9. The second-order valence-electron chi connectivity index (χ2n) is 15.0. The average molecular weight is 789 g/mol. The number of unbranched alkanes of at least 4 members (excludes halogenated alkanes) is 4. The van der Waals surface area contributed by atoms with Crippen LogP contribution in [0.25, 0.3) is 16.8 Å². The Labute approximate surface area is 334 Å². The largest absolute Gasteiger partial charge is 0.351 e. The normalized spacial score (nSPS) is 16.7. The van der Waals surface area contributed by atoms with E-state index in [1.165, 1.54) is 22.9 Å². The van der Waals surface area contributed by atoms with E-state index in [4.69, 9.17) is 21.7 Å². The van der Waals surface area contributed by atoms with Crippen LogP contribution in [0.3, 0.4) is 0 Å². The molecule has 3 aliphatic rings. The number of carbonyl (C=O) groups excluding carboxylic acids is 3. The van der Waals surface area contributed by atoms with Crippen LogP contribution < -0.4 is 21.5 Å². The topological polar surface area (TPSA) is 170 Å². The van der Waals surface area contributed by atoms with Crippen LogP contribution in [0.2, 0.25) is 5.02 Å². The summed E-state index contributed by atoms with van der Waals surface area (Å²) in [6, 6.07) is 16.3. The molecule has 57 heavy (non-hydrogen) atoms. The van der Waals surface area contributed by atoms with E-state index in [-0.39, 0.29) is 35.8 Å². The molecule has 15 heteroatoms. The lowest BCUT2D eigenvalue weighted by Gasteiger charge is -2.23. The first kappa shape index (κ1) is 38.2. The van der Waals surface area contributed by atoms with Crippen molar-refractivity contribution < 1.29 is 14.4 Å². The third-order valence-electron chi connectivity index (χ3n) is 10.9. The molecule has 2 aromatic carbocycles. The summed E-state index contributed by atoms with van der Waals surface area (Å²) in [6.45, 7) is 4.73. The molecule has 5 aromatic rings. The van der Waals surface area contributed by atoms with Gasteiger partial charge in [0.2, 0.25) is 11.8 Å². The van der Waals surface area contributed by atoms with Gasteiger partial charge in [0.15, 0.2) is 5.82 Å². The van der Waals surface area contributed by atoms with Crippen molar-refractivity contribution in [3.05, 3.63) is 117 Å². The number of pyridine rings is 1. The second-order valence-corrected chi connectivity index (χ2v) is 15.5. The number of hydrogen-bond donors (Lipinski definition) is 3. The van der Waals surface area contributed by atoms with Gasteiger partial charge in [-0.25, -0.2) is 0 Å². The molecule has 2 fully saturated rings. The number of fused-ring (bicyclic) bond motifs is 4. The quantitative estimate of drug-likeness (QED) is 0.0979. The van der Waals surface area contributed by atoms with Gasteiger partial charge in [-0.05, 0) is 81.5 Å². The van der Waals surface area contributed by atoms with E-state index in [1.54, 1.807) is 0 Å². The van der Waals surface area contributed by atoms with Crippen molar-refractivity contribution in [3.63, 3.8) is 0 Å². The van der Waals surface area contributed by atoms with E-state index in [9.17, 15) is 19.2 Å². The standard InChI is InChI=1S/C42H45ClN10O4/c1-27-49-50-41-42(17-18-42)48-38(28-7-11-32(43)12-8-28)33-23-29(9-13-34(33)53(27)41)31-24-46-51(25-31)22-6-4-2-3-5-19-44-20-21-45-39(56)30-10-16-37(55)52(26-30)35-14-15-36(54)47-40(35)57/h7-13,16,23-26,35,44H,2-6,14-15,17-22H2,1H3,(H,45,56)(H,47,54,57). The summed E-state index contributed by atoms with van der Waals surface area (Å²) in [5.41, 5.74) is 5.66. The van der Waals surface area contributed by atoms with Gasteiger partial charge >= 0.3 is 0 Å². The lowest BCUT2D eigenvalue weighted by atomic mass is 9.96. The van der Waals surface area contributed by atoms with Gasteiger partial charge in [-0.15, -0.1) is 10.2 Å². The van der Waals surface area contributed by atoms with E-state index in [1.807, 2.05) is 42.1 Å². The minimum absolute atomic E-state index is 0.146. The predicted molar refractivity (Wildman–Crippen MR) is 216 cm³/mol. The lowest BCUT2D eigenvalue weighted by Crippen LogP contribution is -2.44. The fraction of sp³-hybridized carbons (Fsp3) is 0.381. The van der Waals surface area contributed by atoms with Crippen LogP contribution in [0.4, 0.5) is 0 Å². The average Bonchev–Trinajstić information content (AvgIpc) is 3.68. The molecule has 3 amide bonds. The number of piperidine rings is 1. The second kappa shape index (κ2) is 16.4. The number of hydrogen-bond acceptors (Lipinski definition) is 9. The maximum absolute atomic E-state index is 12.7.